The zero-order valence-corrected chi connectivity index (χ0v) is 33.3. The van der Waals surface area contributed by atoms with E-state index in [1.807, 2.05) is 37.7 Å². The molecule has 1 unspecified atom stereocenters. The van der Waals surface area contributed by atoms with Crippen LogP contribution in [0.3, 0.4) is 0 Å². The van der Waals surface area contributed by atoms with E-state index < -0.39 is 5.92 Å². The highest BCUT2D eigenvalue weighted by molar-refractivity contribution is 6.33. The number of aromatic nitrogens is 6. The number of fused-ring (bicyclic) bond motifs is 2. The highest BCUT2D eigenvalue weighted by atomic mass is 35.5. The summed E-state index contributed by atoms with van der Waals surface area (Å²) in [5, 5.41) is 18.6. The van der Waals surface area contributed by atoms with Crippen LogP contribution in [0.5, 0.6) is 5.75 Å². The van der Waals surface area contributed by atoms with Crippen molar-refractivity contribution in [1.82, 2.24) is 39.9 Å². The lowest BCUT2D eigenvalue weighted by Crippen LogP contribution is -2.60. The van der Waals surface area contributed by atoms with Crippen molar-refractivity contribution in [1.29, 1.82) is 0 Å². The van der Waals surface area contributed by atoms with Gasteiger partial charge in [0.05, 0.1) is 35.2 Å². The number of imide groups is 1. The fraction of sp³-hybridized carbons (Fsp3) is 0.450. The van der Waals surface area contributed by atoms with Gasteiger partial charge in [0, 0.05) is 67.6 Å². The van der Waals surface area contributed by atoms with Gasteiger partial charge in [0.15, 0.2) is 18.2 Å². The number of pyridine rings is 2. The Hall–Kier alpha value is -5.77. The SMILES string of the molecule is CNC(=O)COc1cc2cc(Nc3nc(N4CC5(CC[C@@H](Nc6ccc7c(C8CCC(=O)NC8=O)nn(C)c7c6)[C@@H](C)C5)C4)ncc3Cl)cnc2n(C(C)C)c1=O. The maximum Gasteiger partial charge on any atom is 0.294 e. The van der Waals surface area contributed by atoms with Gasteiger partial charge in [-0.15, -0.1) is 0 Å². The molecule has 3 fully saturated rings. The number of carbonyl (C=O) groups excluding carboxylic acids is 3. The molecular formula is C40H46ClN11O5. The van der Waals surface area contributed by atoms with Gasteiger partial charge < -0.3 is 25.6 Å². The zero-order chi connectivity index (χ0) is 40.2. The topological polar surface area (TPSA) is 190 Å². The summed E-state index contributed by atoms with van der Waals surface area (Å²) in [7, 11) is 3.39. The Labute approximate surface area is 333 Å². The van der Waals surface area contributed by atoms with E-state index in [0.717, 1.165) is 48.9 Å². The van der Waals surface area contributed by atoms with Gasteiger partial charge in [-0.05, 0) is 75.8 Å². The highest BCUT2D eigenvalue weighted by Crippen LogP contribution is 2.48. The summed E-state index contributed by atoms with van der Waals surface area (Å²) in [6, 6.07) is 9.72. The van der Waals surface area contributed by atoms with Gasteiger partial charge in [0.1, 0.15) is 10.7 Å². The fourth-order valence-corrected chi connectivity index (χ4v) is 8.82. The van der Waals surface area contributed by atoms with Crippen LogP contribution in [0.1, 0.15) is 70.5 Å². The molecule has 6 heterocycles. The molecule has 4 N–H and O–H groups in total. The van der Waals surface area contributed by atoms with Crippen LogP contribution in [0, 0.1) is 11.3 Å². The van der Waals surface area contributed by atoms with E-state index in [4.69, 9.17) is 26.4 Å². The molecule has 1 aromatic carbocycles. The molecule has 57 heavy (non-hydrogen) atoms. The van der Waals surface area contributed by atoms with E-state index >= 15 is 0 Å². The molecule has 5 aromatic rings. The van der Waals surface area contributed by atoms with Crippen molar-refractivity contribution in [2.24, 2.45) is 18.4 Å². The van der Waals surface area contributed by atoms with Crippen LogP contribution < -0.4 is 36.5 Å². The van der Waals surface area contributed by atoms with Gasteiger partial charge in [-0.1, -0.05) is 18.5 Å². The van der Waals surface area contributed by atoms with Crippen LogP contribution in [-0.4, -0.2) is 79.8 Å². The maximum absolute atomic E-state index is 13.2. The Balaban J connectivity index is 0.918. The number of piperidine rings is 1. The number of aryl methyl sites for hydroxylation is 1. The van der Waals surface area contributed by atoms with E-state index in [1.54, 1.807) is 23.0 Å². The number of halogens is 1. The molecule has 1 aliphatic carbocycles. The average Bonchev–Trinajstić information content (AvgIpc) is 3.49. The number of benzene rings is 1. The van der Waals surface area contributed by atoms with Gasteiger partial charge in [0.2, 0.25) is 17.8 Å². The molecule has 3 amide bonds. The molecule has 0 radical (unpaired) electrons. The van der Waals surface area contributed by atoms with Crippen LogP contribution in [0.4, 0.5) is 23.1 Å². The van der Waals surface area contributed by atoms with Gasteiger partial charge in [-0.3, -0.25) is 33.7 Å². The lowest BCUT2D eigenvalue weighted by atomic mass is 9.64. The van der Waals surface area contributed by atoms with Crippen LogP contribution in [0.25, 0.3) is 21.9 Å². The summed E-state index contributed by atoms with van der Waals surface area (Å²) in [5.74, 6) is 0.213. The van der Waals surface area contributed by atoms with E-state index in [-0.39, 0.29) is 47.1 Å². The molecule has 3 aliphatic rings. The van der Waals surface area contributed by atoms with Gasteiger partial charge >= 0.3 is 0 Å². The summed E-state index contributed by atoms with van der Waals surface area (Å²) in [6.07, 6.45) is 7.16. The summed E-state index contributed by atoms with van der Waals surface area (Å²) in [6.45, 7) is 7.49. The third-order valence-corrected chi connectivity index (χ3v) is 11.8. The van der Waals surface area contributed by atoms with Gasteiger partial charge in [-0.2, -0.15) is 10.1 Å². The van der Waals surface area contributed by atoms with Crippen molar-refractivity contribution in [3.8, 4) is 5.75 Å². The summed E-state index contributed by atoms with van der Waals surface area (Å²) in [5.41, 5.74) is 3.57. The molecular weight excluding hydrogens is 750 g/mol. The van der Waals surface area contributed by atoms with Crippen LogP contribution in [0.2, 0.25) is 5.02 Å². The first kappa shape index (κ1) is 38.1. The second-order valence-electron chi connectivity index (χ2n) is 15.9. The van der Waals surface area contributed by atoms with Crippen LogP contribution >= 0.6 is 11.6 Å². The lowest BCUT2D eigenvalue weighted by Gasteiger charge is -2.55. The van der Waals surface area contributed by atoms with Crippen molar-refractivity contribution in [2.45, 2.75) is 70.9 Å². The number of likely N-dealkylation sites (N-methyl/N-ethyl adjacent to an activating group) is 1. The third kappa shape index (κ3) is 7.33. The number of anilines is 4. The Morgan fingerprint density at radius 3 is 2.63 bits per heavy atom. The quantitative estimate of drug-likeness (QED) is 0.142. The third-order valence-electron chi connectivity index (χ3n) is 11.6. The molecule has 2 aliphatic heterocycles. The number of rotatable bonds is 10. The minimum atomic E-state index is -0.434. The Bertz CT molecular complexity index is 2480. The minimum absolute atomic E-state index is 0.0558. The van der Waals surface area contributed by atoms with Crippen molar-refractivity contribution in [3.63, 3.8) is 0 Å². The number of hydrogen-bond donors (Lipinski definition) is 4. The first-order chi connectivity index (χ1) is 27.3. The van der Waals surface area contributed by atoms with Gasteiger partial charge in [-0.25, -0.2) is 9.97 Å². The van der Waals surface area contributed by atoms with Crippen molar-refractivity contribution >= 4 is 74.4 Å². The van der Waals surface area contributed by atoms with E-state index in [1.165, 1.54) is 7.05 Å². The Morgan fingerprint density at radius 2 is 1.89 bits per heavy atom. The predicted molar refractivity (Wildman–Crippen MR) is 217 cm³/mol. The predicted octanol–water partition coefficient (Wildman–Crippen LogP) is 4.80. The van der Waals surface area contributed by atoms with Crippen LogP contribution in [0.15, 0.2) is 47.5 Å². The number of amides is 3. The molecule has 2 saturated heterocycles. The van der Waals surface area contributed by atoms with Crippen molar-refractivity contribution in [2.75, 3.05) is 42.3 Å². The number of nitrogens with one attached hydrogen (secondary N) is 4. The molecule has 4 aromatic heterocycles. The highest BCUT2D eigenvalue weighted by Gasteiger charge is 2.48. The molecule has 0 bridgehead atoms. The second-order valence-corrected chi connectivity index (χ2v) is 16.3. The normalized spacial score (nSPS) is 20.5. The molecule has 8 rings (SSSR count). The molecule has 17 heteroatoms. The Kier molecular flexibility index (Phi) is 10.0. The average molecular weight is 796 g/mol. The first-order valence-corrected chi connectivity index (χ1v) is 19.7. The van der Waals surface area contributed by atoms with E-state index in [0.29, 0.717) is 64.0 Å². The monoisotopic (exact) mass is 795 g/mol. The van der Waals surface area contributed by atoms with E-state index in [9.17, 15) is 19.2 Å². The molecule has 3 atom stereocenters. The number of hydrogen-bond acceptors (Lipinski definition) is 12. The molecule has 298 valence electrons. The maximum atomic E-state index is 13.2. The Morgan fingerprint density at radius 1 is 1.09 bits per heavy atom. The first-order valence-electron chi connectivity index (χ1n) is 19.3. The standard InChI is InChI=1S/C40H46ClN11O5/c1-21(2)52-36-23(13-31(38(52)56)57-18-33(54)42-4)12-25(16-43-36)46-35-28(41)17-44-39(48-35)51-19-40(20-51)11-10-29(22(3)15-40)45-24-6-7-26-30(14-24)50(5)49-34(26)27-8-9-32(53)47-37(27)55/h6-7,12-14,16-17,21-22,27,29,45H,8-11,15,18-20H2,1-5H3,(H,42,54)(H,44,46,48)(H,47,53,55)/t22-,27?,29+/m0/s1. The smallest absolute Gasteiger partial charge is 0.294 e. The number of nitrogens with zero attached hydrogens (tertiary/aromatic N) is 7. The largest absolute Gasteiger partial charge is 0.478 e. The van der Waals surface area contributed by atoms with Gasteiger partial charge in [0.25, 0.3) is 11.5 Å². The summed E-state index contributed by atoms with van der Waals surface area (Å²) in [4.78, 5) is 65.5. The second kappa shape index (κ2) is 15.0. The zero-order valence-electron chi connectivity index (χ0n) is 32.6. The number of ether oxygens (including phenoxy) is 1. The molecule has 1 saturated carbocycles. The molecule has 16 nitrogen and oxygen atoms in total. The van der Waals surface area contributed by atoms with Crippen molar-refractivity contribution in [3.05, 3.63) is 63.8 Å². The minimum Gasteiger partial charge on any atom is -0.478 e. The summed E-state index contributed by atoms with van der Waals surface area (Å²) < 4.78 is 8.95. The number of carbonyl (C=O) groups is 3. The summed E-state index contributed by atoms with van der Waals surface area (Å²) >= 11 is 6.59. The molecule has 1 spiro atoms. The van der Waals surface area contributed by atoms with Crippen LogP contribution in [-0.2, 0) is 21.4 Å². The lowest BCUT2D eigenvalue weighted by molar-refractivity contribution is -0.134. The van der Waals surface area contributed by atoms with E-state index in [2.05, 4.69) is 55.2 Å². The van der Waals surface area contributed by atoms with Crippen molar-refractivity contribution < 1.29 is 19.1 Å². The fourth-order valence-electron chi connectivity index (χ4n) is 8.68.